The van der Waals surface area contributed by atoms with Crippen LogP contribution < -0.4 is 5.48 Å². The normalized spacial score (nSPS) is 10.7. The van der Waals surface area contributed by atoms with Gasteiger partial charge in [0.15, 0.2) is 0 Å². The number of hydrogen-bond acceptors (Lipinski definition) is 3. The molecule has 1 N–H and O–H groups in total. The molecular weight excluding hydrogens is 246 g/mol. The highest BCUT2D eigenvalue weighted by Crippen LogP contribution is 2.28. The van der Waals surface area contributed by atoms with Gasteiger partial charge in [0.25, 0.3) is 5.91 Å². The summed E-state index contributed by atoms with van der Waals surface area (Å²) in [6, 6.07) is 14.2. The average molecular weight is 259 g/mol. The maximum absolute atomic E-state index is 11.2. The van der Waals surface area contributed by atoms with Gasteiger partial charge in [-0.25, -0.2) is 5.48 Å². The van der Waals surface area contributed by atoms with E-state index in [9.17, 15) is 4.79 Å². The lowest BCUT2D eigenvalue weighted by atomic mass is 10.2. The van der Waals surface area contributed by atoms with Gasteiger partial charge in [-0.15, -0.1) is 11.3 Å². The zero-order chi connectivity index (χ0) is 12.8. The van der Waals surface area contributed by atoms with Gasteiger partial charge in [-0.05, 0) is 23.8 Å². The van der Waals surface area contributed by atoms with Crippen molar-refractivity contribution in [1.82, 2.24) is 5.48 Å². The van der Waals surface area contributed by atoms with Crippen molar-refractivity contribution in [2.45, 2.75) is 0 Å². The monoisotopic (exact) mass is 259 g/mol. The Morgan fingerprint density at radius 2 is 2.00 bits per heavy atom. The van der Waals surface area contributed by atoms with E-state index in [0.29, 0.717) is 0 Å². The third-order valence-corrected chi connectivity index (χ3v) is 3.39. The van der Waals surface area contributed by atoms with Crippen LogP contribution in [0.2, 0.25) is 0 Å². The minimum Gasteiger partial charge on any atom is -0.277 e. The predicted octanol–water partition coefficient (Wildman–Crippen LogP) is 3.11. The Labute approximate surface area is 110 Å². The molecule has 0 saturated carbocycles. The molecule has 0 aliphatic heterocycles. The van der Waals surface area contributed by atoms with Gasteiger partial charge in [0, 0.05) is 15.8 Å². The van der Waals surface area contributed by atoms with Gasteiger partial charge in [-0.1, -0.05) is 30.3 Å². The Hall–Kier alpha value is -1.91. The number of hydroxylamine groups is 1. The number of benzene rings is 1. The fourth-order valence-corrected chi connectivity index (χ4v) is 2.41. The molecule has 0 radical (unpaired) electrons. The molecule has 1 amide bonds. The quantitative estimate of drug-likeness (QED) is 0.677. The lowest BCUT2D eigenvalue weighted by Gasteiger charge is -1.95. The van der Waals surface area contributed by atoms with Gasteiger partial charge in [0.1, 0.15) is 0 Å². The van der Waals surface area contributed by atoms with Crippen molar-refractivity contribution in [3.63, 3.8) is 0 Å². The third-order valence-electron chi connectivity index (χ3n) is 2.29. The van der Waals surface area contributed by atoms with Gasteiger partial charge in [-0.2, -0.15) is 0 Å². The number of nitrogens with one attached hydrogen (secondary N) is 1. The Bertz CT molecular complexity index is 546. The number of hydrogen-bond donors (Lipinski definition) is 1. The average Bonchev–Trinajstić information content (AvgIpc) is 2.87. The van der Waals surface area contributed by atoms with Gasteiger partial charge in [0.2, 0.25) is 0 Å². The molecule has 0 bridgehead atoms. The van der Waals surface area contributed by atoms with Crippen LogP contribution in [-0.4, -0.2) is 13.0 Å². The minimum absolute atomic E-state index is 0.271. The van der Waals surface area contributed by atoms with Crippen molar-refractivity contribution in [3.8, 4) is 10.4 Å². The molecule has 0 spiro atoms. The summed E-state index contributed by atoms with van der Waals surface area (Å²) >= 11 is 1.64. The number of amides is 1. The van der Waals surface area contributed by atoms with Crippen molar-refractivity contribution >= 4 is 23.3 Å². The fourth-order valence-electron chi connectivity index (χ4n) is 1.49. The van der Waals surface area contributed by atoms with Crippen molar-refractivity contribution in [1.29, 1.82) is 0 Å². The van der Waals surface area contributed by atoms with Crippen LogP contribution in [0.25, 0.3) is 16.5 Å². The molecule has 18 heavy (non-hydrogen) atoms. The molecule has 1 heterocycles. The first-order chi connectivity index (χ1) is 8.79. The van der Waals surface area contributed by atoms with Crippen molar-refractivity contribution in [2.75, 3.05) is 7.11 Å². The lowest BCUT2D eigenvalue weighted by molar-refractivity contribution is -0.126. The summed E-state index contributed by atoms with van der Waals surface area (Å²) in [5.41, 5.74) is 3.42. The lowest BCUT2D eigenvalue weighted by Crippen LogP contribution is -2.18. The molecule has 4 heteroatoms. The summed E-state index contributed by atoms with van der Waals surface area (Å²) in [5, 5.41) is 0. The number of rotatable bonds is 4. The molecule has 0 fully saturated rings. The van der Waals surface area contributed by atoms with E-state index in [1.807, 2.05) is 30.3 Å². The fraction of sp³-hybridized carbons (Fsp3) is 0.0714. The van der Waals surface area contributed by atoms with Gasteiger partial charge < -0.3 is 0 Å². The van der Waals surface area contributed by atoms with E-state index in [-0.39, 0.29) is 5.91 Å². The summed E-state index contributed by atoms with van der Waals surface area (Å²) in [6.07, 6.45) is 3.22. The molecular formula is C14H13NO2S. The first-order valence-electron chi connectivity index (χ1n) is 5.46. The summed E-state index contributed by atoms with van der Waals surface area (Å²) in [5.74, 6) is -0.271. The smallest absolute Gasteiger partial charge is 0.267 e. The molecule has 2 aromatic rings. The highest BCUT2D eigenvalue weighted by Gasteiger charge is 2.00. The second kappa shape index (κ2) is 6.14. The van der Waals surface area contributed by atoms with E-state index in [4.69, 9.17) is 0 Å². The summed E-state index contributed by atoms with van der Waals surface area (Å²) < 4.78 is 0. The third kappa shape index (κ3) is 3.29. The first kappa shape index (κ1) is 12.5. The van der Waals surface area contributed by atoms with Crippen LogP contribution in [0.1, 0.15) is 4.88 Å². The highest BCUT2D eigenvalue weighted by atomic mass is 32.1. The first-order valence-corrected chi connectivity index (χ1v) is 6.27. The Morgan fingerprint density at radius 3 is 2.72 bits per heavy atom. The van der Waals surface area contributed by atoms with E-state index in [2.05, 4.69) is 22.5 Å². The molecule has 1 aromatic heterocycles. The van der Waals surface area contributed by atoms with Crippen LogP contribution in [0.4, 0.5) is 0 Å². The minimum atomic E-state index is -0.271. The summed E-state index contributed by atoms with van der Waals surface area (Å²) in [6.45, 7) is 0. The van der Waals surface area contributed by atoms with Crippen LogP contribution in [0.5, 0.6) is 0 Å². The van der Waals surface area contributed by atoms with Crippen LogP contribution in [0, 0.1) is 0 Å². The van der Waals surface area contributed by atoms with Crippen molar-refractivity contribution in [2.24, 2.45) is 0 Å². The zero-order valence-electron chi connectivity index (χ0n) is 9.92. The maximum atomic E-state index is 11.2. The predicted molar refractivity (Wildman–Crippen MR) is 73.9 cm³/mol. The van der Waals surface area contributed by atoms with Crippen molar-refractivity contribution in [3.05, 3.63) is 53.4 Å². The second-order valence-corrected chi connectivity index (χ2v) is 4.69. The van der Waals surface area contributed by atoms with E-state index < -0.39 is 0 Å². The van der Waals surface area contributed by atoms with Gasteiger partial charge in [-0.3, -0.25) is 9.63 Å². The Morgan fingerprint density at radius 1 is 1.22 bits per heavy atom. The van der Waals surface area contributed by atoms with Crippen LogP contribution >= 0.6 is 11.3 Å². The molecule has 0 aliphatic rings. The molecule has 0 unspecified atom stereocenters. The number of carbonyl (C=O) groups excluding carboxylic acids is 1. The zero-order valence-corrected chi connectivity index (χ0v) is 10.7. The van der Waals surface area contributed by atoms with E-state index in [1.165, 1.54) is 23.6 Å². The standard InChI is InChI=1S/C14H13NO2S/c1-17-15-14(16)10-8-12-7-9-13(18-12)11-5-3-2-4-6-11/h2-10H,1H3,(H,15,16). The summed E-state index contributed by atoms with van der Waals surface area (Å²) in [4.78, 5) is 17.9. The molecule has 0 atom stereocenters. The molecule has 1 aromatic carbocycles. The number of carbonyl (C=O) groups is 1. The van der Waals surface area contributed by atoms with Crippen molar-refractivity contribution < 1.29 is 9.63 Å². The van der Waals surface area contributed by atoms with Crippen LogP contribution in [-0.2, 0) is 9.63 Å². The maximum Gasteiger partial charge on any atom is 0.267 e. The van der Waals surface area contributed by atoms with Gasteiger partial charge in [0.05, 0.1) is 7.11 Å². The molecule has 92 valence electrons. The van der Waals surface area contributed by atoms with Crippen LogP contribution in [0.3, 0.4) is 0 Å². The van der Waals surface area contributed by atoms with Gasteiger partial charge >= 0.3 is 0 Å². The van der Waals surface area contributed by atoms with E-state index in [0.717, 1.165) is 4.88 Å². The highest BCUT2D eigenvalue weighted by molar-refractivity contribution is 7.16. The Kier molecular flexibility index (Phi) is 4.28. The van der Waals surface area contributed by atoms with E-state index >= 15 is 0 Å². The molecule has 0 aliphatic carbocycles. The molecule has 3 nitrogen and oxygen atoms in total. The molecule has 0 saturated heterocycles. The van der Waals surface area contributed by atoms with Crippen LogP contribution in [0.15, 0.2) is 48.5 Å². The summed E-state index contributed by atoms with van der Waals surface area (Å²) in [7, 11) is 1.41. The topological polar surface area (TPSA) is 38.3 Å². The number of thiophene rings is 1. The second-order valence-electron chi connectivity index (χ2n) is 3.57. The largest absolute Gasteiger partial charge is 0.277 e. The van der Waals surface area contributed by atoms with E-state index in [1.54, 1.807) is 17.4 Å². The Balaban J connectivity index is 2.09. The SMILES string of the molecule is CONC(=O)C=Cc1ccc(-c2ccccc2)s1. The molecule has 2 rings (SSSR count).